The highest BCUT2D eigenvalue weighted by Gasteiger charge is 2.30. The Hall–Kier alpha value is -0.860. The normalized spacial score (nSPS) is 23.6. The van der Waals surface area contributed by atoms with Gasteiger partial charge in [0.15, 0.2) is 0 Å². The zero-order valence-corrected chi connectivity index (χ0v) is 12.8. The maximum absolute atomic E-state index is 5.39. The van der Waals surface area contributed by atoms with Gasteiger partial charge in [0, 0.05) is 30.6 Å². The molecular formula is C15H23N3S. The van der Waals surface area contributed by atoms with Crippen molar-refractivity contribution in [2.75, 3.05) is 33.7 Å². The molecule has 0 saturated carbocycles. The lowest BCUT2D eigenvalue weighted by atomic mass is 10.1. The molecule has 0 spiro atoms. The molecule has 2 unspecified atom stereocenters. The molecule has 1 fully saturated rings. The molecule has 1 aromatic rings. The standard InChI is InChI=1S/C15H23N3S/c1-12-9-18(11-15(12)17(2)3)10-14-7-6-13(19-14)5-4-8-16/h6-7,12,15H,8-11,16H2,1-3H3. The lowest BCUT2D eigenvalue weighted by Crippen LogP contribution is -2.34. The van der Waals surface area contributed by atoms with Gasteiger partial charge in [-0.15, -0.1) is 11.3 Å². The first-order valence-corrected chi connectivity index (χ1v) is 7.58. The van der Waals surface area contributed by atoms with Crippen molar-refractivity contribution < 1.29 is 0 Å². The fourth-order valence-corrected chi connectivity index (χ4v) is 3.66. The van der Waals surface area contributed by atoms with Crippen LogP contribution in [0.5, 0.6) is 0 Å². The summed E-state index contributed by atoms with van der Waals surface area (Å²) in [5.74, 6) is 6.75. The van der Waals surface area contributed by atoms with E-state index in [0.29, 0.717) is 12.6 Å². The lowest BCUT2D eigenvalue weighted by molar-refractivity contribution is 0.251. The summed E-state index contributed by atoms with van der Waals surface area (Å²) in [6, 6.07) is 4.97. The molecule has 1 saturated heterocycles. The third kappa shape index (κ3) is 3.80. The van der Waals surface area contributed by atoms with Gasteiger partial charge >= 0.3 is 0 Å². The van der Waals surface area contributed by atoms with E-state index in [1.165, 1.54) is 11.4 Å². The Bertz CT molecular complexity index is 469. The topological polar surface area (TPSA) is 32.5 Å². The first kappa shape index (κ1) is 14.5. The van der Waals surface area contributed by atoms with Crippen molar-refractivity contribution in [1.82, 2.24) is 9.80 Å². The first-order valence-electron chi connectivity index (χ1n) is 6.76. The van der Waals surface area contributed by atoms with Gasteiger partial charge < -0.3 is 10.6 Å². The zero-order chi connectivity index (χ0) is 13.8. The quantitative estimate of drug-likeness (QED) is 0.849. The molecule has 104 valence electrons. The van der Waals surface area contributed by atoms with E-state index in [4.69, 9.17) is 5.73 Å². The molecule has 4 heteroatoms. The van der Waals surface area contributed by atoms with Crippen LogP contribution in [0.25, 0.3) is 0 Å². The Balaban J connectivity index is 1.93. The molecule has 0 amide bonds. The van der Waals surface area contributed by atoms with Crippen LogP contribution in [0.1, 0.15) is 16.7 Å². The summed E-state index contributed by atoms with van der Waals surface area (Å²) >= 11 is 1.79. The van der Waals surface area contributed by atoms with E-state index in [0.717, 1.165) is 23.9 Å². The van der Waals surface area contributed by atoms with Crippen LogP contribution in [0.15, 0.2) is 12.1 Å². The molecular weight excluding hydrogens is 254 g/mol. The summed E-state index contributed by atoms with van der Waals surface area (Å²) in [4.78, 5) is 7.41. The van der Waals surface area contributed by atoms with Gasteiger partial charge in [0.1, 0.15) is 0 Å². The fourth-order valence-electron chi connectivity index (χ4n) is 2.74. The highest BCUT2D eigenvalue weighted by atomic mass is 32.1. The minimum absolute atomic E-state index is 0.432. The van der Waals surface area contributed by atoms with Gasteiger partial charge in [-0.3, -0.25) is 4.90 Å². The summed E-state index contributed by atoms with van der Waals surface area (Å²) in [5, 5.41) is 0. The predicted molar refractivity (Wildman–Crippen MR) is 82.2 cm³/mol. The van der Waals surface area contributed by atoms with Gasteiger partial charge in [0.2, 0.25) is 0 Å². The molecule has 19 heavy (non-hydrogen) atoms. The van der Waals surface area contributed by atoms with E-state index < -0.39 is 0 Å². The molecule has 2 N–H and O–H groups in total. The van der Waals surface area contributed by atoms with Gasteiger partial charge in [-0.2, -0.15) is 0 Å². The fraction of sp³-hybridized carbons (Fsp3) is 0.600. The van der Waals surface area contributed by atoms with Crippen LogP contribution < -0.4 is 5.73 Å². The number of thiophene rings is 1. The Kier molecular flexibility index (Phi) is 5.00. The van der Waals surface area contributed by atoms with Gasteiger partial charge in [-0.25, -0.2) is 0 Å². The Labute approximate surface area is 120 Å². The van der Waals surface area contributed by atoms with Crippen LogP contribution in [0.4, 0.5) is 0 Å². The van der Waals surface area contributed by atoms with E-state index in [1.807, 2.05) is 0 Å². The number of hydrogen-bond donors (Lipinski definition) is 1. The summed E-state index contributed by atoms with van der Waals surface area (Å²) in [5.41, 5.74) is 5.39. The first-order chi connectivity index (χ1) is 9.10. The molecule has 0 radical (unpaired) electrons. The highest BCUT2D eigenvalue weighted by molar-refractivity contribution is 7.12. The molecule has 0 aromatic carbocycles. The molecule has 2 heterocycles. The molecule has 1 aromatic heterocycles. The van der Waals surface area contributed by atoms with Gasteiger partial charge in [-0.05, 0) is 32.1 Å². The monoisotopic (exact) mass is 277 g/mol. The van der Waals surface area contributed by atoms with E-state index in [2.05, 4.69) is 54.8 Å². The van der Waals surface area contributed by atoms with Crippen LogP contribution in [0, 0.1) is 17.8 Å². The van der Waals surface area contributed by atoms with E-state index in [1.54, 1.807) is 11.3 Å². The molecule has 1 aliphatic heterocycles. The van der Waals surface area contributed by atoms with Gasteiger partial charge in [-0.1, -0.05) is 18.8 Å². The van der Waals surface area contributed by atoms with E-state index in [9.17, 15) is 0 Å². The SMILES string of the molecule is CC1CN(Cc2ccc(C#CCN)s2)CC1N(C)C. The Morgan fingerprint density at radius 2 is 2.21 bits per heavy atom. The highest BCUT2D eigenvalue weighted by Crippen LogP contribution is 2.24. The number of nitrogens with zero attached hydrogens (tertiary/aromatic N) is 2. The van der Waals surface area contributed by atoms with Gasteiger partial charge in [0.05, 0.1) is 11.4 Å². The van der Waals surface area contributed by atoms with Crippen molar-refractivity contribution in [3.63, 3.8) is 0 Å². The molecule has 0 aliphatic carbocycles. The Morgan fingerprint density at radius 3 is 2.84 bits per heavy atom. The third-order valence-corrected chi connectivity index (χ3v) is 4.65. The average Bonchev–Trinajstić information content (AvgIpc) is 2.94. The number of hydrogen-bond acceptors (Lipinski definition) is 4. The van der Waals surface area contributed by atoms with E-state index >= 15 is 0 Å². The number of nitrogens with two attached hydrogens (primary N) is 1. The van der Waals surface area contributed by atoms with Crippen molar-refractivity contribution in [2.24, 2.45) is 11.7 Å². The molecule has 1 aliphatic rings. The number of rotatable bonds is 3. The Morgan fingerprint density at radius 1 is 1.42 bits per heavy atom. The van der Waals surface area contributed by atoms with Crippen molar-refractivity contribution in [3.05, 3.63) is 21.9 Å². The largest absolute Gasteiger partial charge is 0.320 e. The second-order valence-corrected chi connectivity index (χ2v) is 6.64. The molecule has 0 bridgehead atoms. The number of likely N-dealkylation sites (N-methyl/N-ethyl adjacent to an activating group) is 1. The van der Waals surface area contributed by atoms with Gasteiger partial charge in [0.25, 0.3) is 0 Å². The molecule has 2 atom stereocenters. The van der Waals surface area contributed by atoms with Crippen molar-refractivity contribution >= 4 is 11.3 Å². The van der Waals surface area contributed by atoms with Crippen LogP contribution in [-0.2, 0) is 6.54 Å². The number of likely N-dealkylation sites (tertiary alicyclic amines) is 1. The van der Waals surface area contributed by atoms with Crippen LogP contribution in [0.3, 0.4) is 0 Å². The van der Waals surface area contributed by atoms with Crippen molar-refractivity contribution in [1.29, 1.82) is 0 Å². The lowest BCUT2D eigenvalue weighted by Gasteiger charge is -2.22. The zero-order valence-electron chi connectivity index (χ0n) is 12.0. The summed E-state index contributed by atoms with van der Waals surface area (Å²) in [7, 11) is 4.35. The van der Waals surface area contributed by atoms with E-state index in [-0.39, 0.29) is 0 Å². The average molecular weight is 277 g/mol. The maximum atomic E-state index is 5.39. The predicted octanol–water partition coefficient (Wildman–Crippen LogP) is 1.44. The maximum Gasteiger partial charge on any atom is 0.0772 e. The van der Waals surface area contributed by atoms with Crippen LogP contribution >= 0.6 is 11.3 Å². The molecule has 3 nitrogen and oxygen atoms in total. The minimum Gasteiger partial charge on any atom is -0.320 e. The third-order valence-electron chi connectivity index (χ3n) is 3.67. The molecule has 2 rings (SSSR count). The van der Waals surface area contributed by atoms with Crippen LogP contribution in [0.2, 0.25) is 0 Å². The second kappa shape index (κ2) is 6.53. The minimum atomic E-state index is 0.432. The van der Waals surface area contributed by atoms with Crippen molar-refractivity contribution in [2.45, 2.75) is 19.5 Å². The second-order valence-electron chi connectivity index (χ2n) is 5.47. The summed E-state index contributed by atoms with van der Waals surface area (Å²) in [6.07, 6.45) is 0. The summed E-state index contributed by atoms with van der Waals surface area (Å²) in [6.45, 7) is 6.17. The smallest absolute Gasteiger partial charge is 0.0772 e. The van der Waals surface area contributed by atoms with Crippen LogP contribution in [-0.4, -0.2) is 49.6 Å². The van der Waals surface area contributed by atoms with Crippen molar-refractivity contribution in [3.8, 4) is 11.8 Å². The summed E-state index contributed by atoms with van der Waals surface area (Å²) < 4.78 is 0.